The summed E-state index contributed by atoms with van der Waals surface area (Å²) in [5.74, 6) is -2.19. The van der Waals surface area contributed by atoms with Gasteiger partial charge in [0.25, 0.3) is 5.91 Å². The van der Waals surface area contributed by atoms with Gasteiger partial charge in [0.1, 0.15) is 17.7 Å². The maximum absolute atomic E-state index is 13.9. The summed E-state index contributed by atoms with van der Waals surface area (Å²) in [7, 11) is 1.62. The summed E-state index contributed by atoms with van der Waals surface area (Å²) >= 11 is 0. The average molecular weight is 594 g/mol. The third-order valence-electron chi connectivity index (χ3n) is 7.76. The molecule has 1 saturated heterocycles. The molecule has 0 aromatic heterocycles. The average Bonchev–Trinajstić information content (AvgIpc) is 3.43. The highest BCUT2D eigenvalue weighted by Crippen LogP contribution is 2.22. The number of carbonyl (C=O) groups is 2. The molecule has 7 nitrogen and oxygen atoms in total. The molecule has 0 saturated carbocycles. The van der Waals surface area contributed by atoms with Gasteiger partial charge in [-0.1, -0.05) is 31.2 Å². The Morgan fingerprint density at radius 3 is 2.47 bits per heavy atom. The number of nitrogens with zero attached hydrogens (tertiary/aromatic N) is 1. The first-order valence-corrected chi connectivity index (χ1v) is 14.8. The number of likely N-dealkylation sites (tertiary alicyclic amines) is 1. The Morgan fingerprint density at radius 1 is 1.02 bits per heavy atom. The lowest BCUT2D eigenvalue weighted by Crippen LogP contribution is -2.46. The van der Waals surface area contributed by atoms with Crippen molar-refractivity contribution in [3.8, 4) is 0 Å². The van der Waals surface area contributed by atoms with Gasteiger partial charge in [-0.2, -0.15) is 0 Å². The standard InChI is InChI=1S/C34H41F2N3O4/c1-4-23-7-5-8-24(13-23)19-38-20-32(31(37)16-25-14-28(35)18-29(36)15-25)43-34(41)27-12-22(2)11-26(17-27)33(40)39-10-6-9-30(39)21-42-3/h5,7-8,11-15,17-18,30-32,38H,4,6,9-10,16,19-21,37H2,1-3H3/t30-,31?,32?/m0/s1. The zero-order valence-electron chi connectivity index (χ0n) is 25.1. The SMILES string of the molecule is CCc1cccc(CNCC(OC(=O)c2cc(C)cc(C(=O)N3CCC[C@H]3COC)c2)C(N)Cc2cc(F)cc(F)c2)c1. The van der Waals surface area contributed by atoms with E-state index >= 15 is 0 Å². The smallest absolute Gasteiger partial charge is 0.338 e. The normalized spacial score (nSPS) is 16.2. The van der Waals surface area contributed by atoms with Gasteiger partial charge in [0.2, 0.25) is 0 Å². The molecule has 3 atom stereocenters. The van der Waals surface area contributed by atoms with Crippen LogP contribution >= 0.6 is 0 Å². The Morgan fingerprint density at radius 2 is 1.74 bits per heavy atom. The van der Waals surface area contributed by atoms with E-state index in [1.54, 1.807) is 30.2 Å². The van der Waals surface area contributed by atoms with Crippen LogP contribution in [0.2, 0.25) is 0 Å². The molecule has 1 fully saturated rings. The van der Waals surface area contributed by atoms with Crippen LogP contribution < -0.4 is 11.1 Å². The first-order valence-electron chi connectivity index (χ1n) is 14.8. The van der Waals surface area contributed by atoms with Crippen molar-refractivity contribution in [1.29, 1.82) is 0 Å². The second kappa shape index (κ2) is 15.2. The second-order valence-electron chi connectivity index (χ2n) is 11.2. The predicted molar refractivity (Wildman–Crippen MR) is 162 cm³/mol. The molecule has 0 spiro atoms. The molecule has 3 aromatic rings. The maximum Gasteiger partial charge on any atom is 0.338 e. The molecule has 4 rings (SSSR count). The van der Waals surface area contributed by atoms with Crippen LogP contribution in [-0.2, 0) is 28.9 Å². The number of benzene rings is 3. The molecular formula is C34H41F2N3O4. The Bertz CT molecular complexity index is 1400. The Kier molecular flexibility index (Phi) is 11.4. The number of hydrogen-bond donors (Lipinski definition) is 2. The van der Waals surface area contributed by atoms with E-state index in [1.807, 2.05) is 19.1 Å². The van der Waals surface area contributed by atoms with Crippen LogP contribution in [-0.4, -0.2) is 61.8 Å². The molecule has 9 heteroatoms. The molecule has 3 aromatic carbocycles. The van der Waals surface area contributed by atoms with E-state index in [4.69, 9.17) is 15.2 Å². The van der Waals surface area contributed by atoms with Gasteiger partial charge in [-0.05, 0) is 85.2 Å². The van der Waals surface area contributed by atoms with Crippen molar-refractivity contribution >= 4 is 11.9 Å². The number of hydrogen-bond acceptors (Lipinski definition) is 6. The van der Waals surface area contributed by atoms with Crippen molar-refractivity contribution < 1.29 is 27.8 Å². The topological polar surface area (TPSA) is 93.9 Å². The van der Waals surface area contributed by atoms with Crippen molar-refractivity contribution in [2.24, 2.45) is 5.73 Å². The summed E-state index contributed by atoms with van der Waals surface area (Å²) in [5, 5.41) is 3.32. The molecule has 1 aliphatic rings. The lowest BCUT2D eigenvalue weighted by Gasteiger charge is -2.26. The highest BCUT2D eigenvalue weighted by atomic mass is 19.1. The van der Waals surface area contributed by atoms with E-state index in [1.165, 1.54) is 17.7 Å². The highest BCUT2D eigenvalue weighted by Gasteiger charge is 2.30. The van der Waals surface area contributed by atoms with Crippen molar-refractivity contribution in [3.05, 3.63) is 106 Å². The number of carbonyl (C=O) groups excluding carboxylic acids is 2. The largest absolute Gasteiger partial charge is 0.456 e. The van der Waals surface area contributed by atoms with Gasteiger partial charge in [-0.25, -0.2) is 13.6 Å². The number of halogens is 2. The molecule has 230 valence electrons. The fourth-order valence-electron chi connectivity index (χ4n) is 5.60. The zero-order chi connectivity index (χ0) is 30.9. The summed E-state index contributed by atoms with van der Waals surface area (Å²) in [4.78, 5) is 28.7. The molecule has 3 N–H and O–H groups in total. The molecule has 1 amide bonds. The summed E-state index contributed by atoms with van der Waals surface area (Å²) in [6, 6.07) is 15.6. The third kappa shape index (κ3) is 8.92. The summed E-state index contributed by atoms with van der Waals surface area (Å²) < 4.78 is 39.0. The number of aryl methyl sites for hydroxylation is 2. The number of nitrogens with two attached hydrogens (primary N) is 1. The molecule has 0 bridgehead atoms. The number of rotatable bonds is 13. The van der Waals surface area contributed by atoms with Gasteiger partial charge in [0.15, 0.2) is 0 Å². The molecule has 0 aliphatic carbocycles. The minimum absolute atomic E-state index is 0.00690. The monoisotopic (exact) mass is 593 g/mol. The van der Waals surface area contributed by atoms with E-state index < -0.39 is 29.7 Å². The first kappa shape index (κ1) is 32.3. The van der Waals surface area contributed by atoms with Gasteiger partial charge in [-0.15, -0.1) is 0 Å². The van der Waals surface area contributed by atoms with Gasteiger partial charge < -0.3 is 25.4 Å². The van der Waals surface area contributed by atoms with Crippen molar-refractivity contribution in [2.45, 2.75) is 64.3 Å². The first-order chi connectivity index (χ1) is 20.7. The molecule has 2 unspecified atom stereocenters. The Balaban J connectivity index is 1.51. The van der Waals surface area contributed by atoms with Crippen molar-refractivity contribution in [3.63, 3.8) is 0 Å². The fraction of sp³-hybridized carbons (Fsp3) is 0.412. The van der Waals surface area contributed by atoms with Crippen LogP contribution in [0.1, 0.15) is 62.7 Å². The van der Waals surface area contributed by atoms with Crippen LogP contribution in [0.25, 0.3) is 0 Å². The molecule has 0 radical (unpaired) electrons. The minimum atomic E-state index is -0.822. The number of esters is 1. The summed E-state index contributed by atoms with van der Waals surface area (Å²) in [6.07, 6.45) is 1.94. The molecule has 1 heterocycles. The van der Waals surface area contributed by atoms with E-state index in [0.29, 0.717) is 30.8 Å². The van der Waals surface area contributed by atoms with Crippen LogP contribution in [0.15, 0.2) is 60.7 Å². The van der Waals surface area contributed by atoms with Gasteiger partial charge >= 0.3 is 5.97 Å². The third-order valence-corrected chi connectivity index (χ3v) is 7.76. The second-order valence-corrected chi connectivity index (χ2v) is 11.2. The van der Waals surface area contributed by atoms with Crippen LogP contribution in [0, 0.1) is 18.6 Å². The van der Waals surface area contributed by atoms with Crippen molar-refractivity contribution in [1.82, 2.24) is 10.2 Å². The van der Waals surface area contributed by atoms with Crippen LogP contribution in [0.5, 0.6) is 0 Å². The number of methoxy groups -OCH3 is 1. The number of ether oxygens (including phenoxy) is 2. The minimum Gasteiger partial charge on any atom is -0.456 e. The van der Waals surface area contributed by atoms with E-state index in [2.05, 4.69) is 24.4 Å². The molecule has 43 heavy (non-hydrogen) atoms. The van der Waals surface area contributed by atoms with E-state index in [9.17, 15) is 18.4 Å². The zero-order valence-corrected chi connectivity index (χ0v) is 25.1. The molecular weight excluding hydrogens is 552 g/mol. The van der Waals surface area contributed by atoms with Crippen LogP contribution in [0.4, 0.5) is 8.78 Å². The van der Waals surface area contributed by atoms with E-state index in [-0.39, 0.29) is 30.5 Å². The van der Waals surface area contributed by atoms with Crippen LogP contribution in [0.3, 0.4) is 0 Å². The predicted octanol–water partition coefficient (Wildman–Crippen LogP) is 4.97. The number of amides is 1. The van der Waals surface area contributed by atoms with E-state index in [0.717, 1.165) is 36.5 Å². The lowest BCUT2D eigenvalue weighted by atomic mass is 10.0. The van der Waals surface area contributed by atoms with Gasteiger partial charge in [-0.3, -0.25) is 4.79 Å². The quantitative estimate of drug-likeness (QED) is 0.272. The molecule has 1 aliphatic heterocycles. The Labute approximate surface area is 252 Å². The summed E-state index contributed by atoms with van der Waals surface area (Å²) in [6.45, 7) is 5.72. The summed E-state index contributed by atoms with van der Waals surface area (Å²) in [5.41, 5.74) is 10.5. The highest BCUT2D eigenvalue weighted by molar-refractivity contribution is 5.98. The fourth-order valence-corrected chi connectivity index (χ4v) is 5.60. The Hall–Kier alpha value is -3.66. The lowest BCUT2D eigenvalue weighted by molar-refractivity contribution is 0.0238. The maximum atomic E-state index is 13.9. The number of nitrogens with one attached hydrogen (secondary N) is 1. The van der Waals surface area contributed by atoms with Gasteiger partial charge in [0, 0.05) is 44.4 Å². The van der Waals surface area contributed by atoms with Gasteiger partial charge in [0.05, 0.1) is 18.2 Å². The van der Waals surface area contributed by atoms with Crippen molar-refractivity contribution in [2.75, 3.05) is 26.8 Å².